The number of rotatable bonds is 3. The van der Waals surface area contributed by atoms with E-state index in [1.54, 1.807) is 0 Å². The van der Waals surface area contributed by atoms with E-state index in [0.29, 0.717) is 10.0 Å². The van der Waals surface area contributed by atoms with Gasteiger partial charge in [0.25, 0.3) is 0 Å². The second-order valence-electron chi connectivity index (χ2n) is 4.65. The molecule has 3 nitrogen and oxygen atoms in total. The molecule has 0 amide bonds. The maximum Gasteiger partial charge on any atom is 0.185 e. The third-order valence-corrected chi connectivity index (χ3v) is 4.80. The van der Waals surface area contributed by atoms with Crippen LogP contribution in [0.2, 0.25) is 5.15 Å². The average Bonchev–Trinajstić information content (AvgIpc) is 2.69. The van der Waals surface area contributed by atoms with Crippen LogP contribution >= 0.6 is 22.9 Å². The Morgan fingerprint density at radius 3 is 2.94 bits per heavy atom. The molecule has 1 aliphatic carbocycles. The van der Waals surface area contributed by atoms with E-state index in [2.05, 4.69) is 17.2 Å². The normalized spacial score (nSPS) is 24.3. The van der Waals surface area contributed by atoms with Crippen LogP contribution < -0.4 is 5.32 Å². The molecule has 0 bridgehead atoms. The van der Waals surface area contributed by atoms with Gasteiger partial charge in [0.2, 0.25) is 0 Å². The van der Waals surface area contributed by atoms with Crippen molar-refractivity contribution in [3.05, 3.63) is 10.0 Å². The number of nitrogens with one attached hydrogen (secondary N) is 1. The quantitative estimate of drug-likeness (QED) is 0.905. The van der Waals surface area contributed by atoms with Gasteiger partial charge in [0, 0.05) is 6.54 Å². The highest BCUT2D eigenvalue weighted by Gasteiger charge is 2.21. The summed E-state index contributed by atoms with van der Waals surface area (Å²) in [6, 6.07) is 2.05. The van der Waals surface area contributed by atoms with Crippen molar-refractivity contribution >= 4 is 28.1 Å². The van der Waals surface area contributed by atoms with Crippen molar-refractivity contribution in [2.75, 3.05) is 11.9 Å². The zero-order chi connectivity index (χ0) is 12.3. The molecule has 1 saturated carbocycles. The lowest BCUT2D eigenvalue weighted by Crippen LogP contribution is -2.24. The van der Waals surface area contributed by atoms with E-state index in [1.165, 1.54) is 37.0 Å². The summed E-state index contributed by atoms with van der Waals surface area (Å²) in [5.41, 5.74) is 0. The van der Waals surface area contributed by atoms with Gasteiger partial charge in [-0.25, -0.2) is 4.98 Å². The van der Waals surface area contributed by atoms with Crippen LogP contribution in [0.15, 0.2) is 0 Å². The van der Waals surface area contributed by atoms with Gasteiger partial charge < -0.3 is 5.32 Å². The second-order valence-corrected chi connectivity index (χ2v) is 6.01. The Bertz CT molecular complexity index is 424. The van der Waals surface area contributed by atoms with Gasteiger partial charge in [0.15, 0.2) is 10.3 Å². The Morgan fingerprint density at radius 1 is 1.53 bits per heavy atom. The van der Waals surface area contributed by atoms with Gasteiger partial charge in [-0.3, -0.25) is 0 Å². The van der Waals surface area contributed by atoms with E-state index >= 15 is 0 Å². The standard InChI is InChI=1S/C12H16ClN3S/c1-8-4-2-3-5-9(8)7-15-12-16-11(13)10(6-14)17-12/h8-9H,2-5,7H2,1H3,(H,15,16). The zero-order valence-electron chi connectivity index (χ0n) is 9.87. The van der Waals surface area contributed by atoms with Gasteiger partial charge in [0.1, 0.15) is 10.9 Å². The van der Waals surface area contributed by atoms with Crippen LogP contribution in [0.1, 0.15) is 37.5 Å². The summed E-state index contributed by atoms with van der Waals surface area (Å²) in [6.07, 6.45) is 5.31. The minimum Gasteiger partial charge on any atom is -0.361 e. The van der Waals surface area contributed by atoms with E-state index in [9.17, 15) is 0 Å². The SMILES string of the molecule is CC1CCCCC1CNc1nc(Cl)c(C#N)s1. The van der Waals surface area contributed by atoms with Crippen LogP contribution in [0, 0.1) is 23.2 Å². The highest BCUT2D eigenvalue weighted by atomic mass is 35.5. The summed E-state index contributed by atoms with van der Waals surface area (Å²) >= 11 is 7.17. The molecule has 0 saturated heterocycles. The van der Waals surface area contributed by atoms with E-state index in [4.69, 9.17) is 16.9 Å². The molecule has 1 fully saturated rings. The van der Waals surface area contributed by atoms with Crippen molar-refractivity contribution in [3.63, 3.8) is 0 Å². The van der Waals surface area contributed by atoms with Crippen molar-refractivity contribution in [3.8, 4) is 6.07 Å². The molecule has 0 spiro atoms. The number of hydrogen-bond acceptors (Lipinski definition) is 4. The lowest BCUT2D eigenvalue weighted by Gasteiger charge is -2.28. The molecule has 0 radical (unpaired) electrons. The molecule has 92 valence electrons. The average molecular weight is 270 g/mol. The Kier molecular flexibility index (Phi) is 4.25. The number of halogens is 1. The molecule has 5 heteroatoms. The minimum atomic E-state index is 0.316. The Hall–Kier alpha value is -0.790. The van der Waals surface area contributed by atoms with Gasteiger partial charge in [-0.15, -0.1) is 0 Å². The Labute approximate surface area is 111 Å². The summed E-state index contributed by atoms with van der Waals surface area (Å²) in [6.45, 7) is 3.26. The van der Waals surface area contributed by atoms with Crippen LogP contribution in [-0.4, -0.2) is 11.5 Å². The van der Waals surface area contributed by atoms with Crippen molar-refractivity contribution in [1.29, 1.82) is 5.26 Å². The molecule has 2 unspecified atom stereocenters. The van der Waals surface area contributed by atoms with Crippen LogP contribution in [0.25, 0.3) is 0 Å². The fourth-order valence-corrected chi connectivity index (χ4v) is 3.31. The maximum atomic E-state index is 8.80. The molecule has 1 N–H and O–H groups in total. The van der Waals surface area contributed by atoms with Crippen molar-refractivity contribution in [1.82, 2.24) is 4.98 Å². The fourth-order valence-electron chi connectivity index (χ4n) is 2.36. The summed E-state index contributed by atoms with van der Waals surface area (Å²) in [5.74, 6) is 1.50. The van der Waals surface area contributed by atoms with Gasteiger partial charge in [-0.2, -0.15) is 5.26 Å². The predicted molar refractivity (Wildman–Crippen MR) is 71.5 cm³/mol. The third-order valence-electron chi connectivity index (χ3n) is 3.49. The van der Waals surface area contributed by atoms with Crippen molar-refractivity contribution in [2.24, 2.45) is 11.8 Å². The lowest BCUT2D eigenvalue weighted by molar-refractivity contribution is 0.268. The van der Waals surface area contributed by atoms with Gasteiger partial charge in [0.05, 0.1) is 0 Å². The Morgan fingerprint density at radius 2 is 2.29 bits per heavy atom. The smallest absolute Gasteiger partial charge is 0.185 e. The fraction of sp³-hybridized carbons (Fsp3) is 0.667. The summed E-state index contributed by atoms with van der Waals surface area (Å²) < 4.78 is 0. The molecule has 17 heavy (non-hydrogen) atoms. The Balaban J connectivity index is 1.90. The van der Waals surface area contributed by atoms with E-state index < -0.39 is 0 Å². The summed E-state index contributed by atoms with van der Waals surface area (Å²) in [4.78, 5) is 4.63. The van der Waals surface area contributed by atoms with Crippen LogP contribution in [0.5, 0.6) is 0 Å². The number of anilines is 1. The predicted octanol–water partition coefficient (Wildman–Crippen LogP) is 3.91. The van der Waals surface area contributed by atoms with Gasteiger partial charge in [-0.1, -0.05) is 49.1 Å². The molecular weight excluding hydrogens is 254 g/mol. The van der Waals surface area contributed by atoms with Crippen LogP contribution in [0.4, 0.5) is 5.13 Å². The first-order valence-electron chi connectivity index (χ1n) is 6.01. The number of aromatic nitrogens is 1. The minimum absolute atomic E-state index is 0.316. The third kappa shape index (κ3) is 3.11. The monoisotopic (exact) mass is 269 g/mol. The molecule has 1 aliphatic rings. The maximum absolute atomic E-state index is 8.80. The van der Waals surface area contributed by atoms with Crippen molar-refractivity contribution < 1.29 is 0 Å². The topological polar surface area (TPSA) is 48.7 Å². The van der Waals surface area contributed by atoms with Gasteiger partial charge in [-0.05, 0) is 18.3 Å². The molecular formula is C12H16ClN3S. The number of thiazole rings is 1. The zero-order valence-corrected chi connectivity index (χ0v) is 11.4. The summed E-state index contributed by atoms with van der Waals surface area (Å²) in [7, 11) is 0. The first-order valence-corrected chi connectivity index (χ1v) is 7.20. The van der Waals surface area contributed by atoms with Crippen molar-refractivity contribution in [2.45, 2.75) is 32.6 Å². The van der Waals surface area contributed by atoms with Crippen LogP contribution in [-0.2, 0) is 0 Å². The molecule has 2 rings (SSSR count). The number of hydrogen-bond donors (Lipinski definition) is 1. The molecule has 2 atom stereocenters. The van der Waals surface area contributed by atoms with E-state index in [-0.39, 0.29) is 0 Å². The second kappa shape index (κ2) is 5.70. The summed E-state index contributed by atoms with van der Waals surface area (Å²) in [5, 5.41) is 13.2. The van der Waals surface area contributed by atoms with E-state index in [0.717, 1.165) is 23.5 Å². The highest BCUT2D eigenvalue weighted by Crippen LogP contribution is 2.31. The molecule has 0 aliphatic heterocycles. The first kappa shape index (κ1) is 12.7. The molecule has 0 aromatic carbocycles. The van der Waals surface area contributed by atoms with Gasteiger partial charge >= 0.3 is 0 Å². The van der Waals surface area contributed by atoms with Crippen LogP contribution in [0.3, 0.4) is 0 Å². The molecule has 1 aromatic rings. The number of nitrogens with zero attached hydrogens (tertiary/aromatic N) is 2. The molecule has 1 aromatic heterocycles. The van der Waals surface area contributed by atoms with E-state index in [1.807, 2.05) is 6.07 Å². The largest absolute Gasteiger partial charge is 0.361 e. The first-order chi connectivity index (χ1) is 8.20. The lowest BCUT2D eigenvalue weighted by atomic mass is 9.80. The molecule has 1 heterocycles. The highest BCUT2D eigenvalue weighted by molar-refractivity contribution is 7.16. The number of nitriles is 1.